The first-order valence-corrected chi connectivity index (χ1v) is 6.83. The second-order valence-corrected chi connectivity index (χ2v) is 4.88. The lowest BCUT2D eigenvalue weighted by Crippen LogP contribution is -2.28. The van der Waals surface area contributed by atoms with Gasteiger partial charge in [-0.15, -0.1) is 0 Å². The Morgan fingerprint density at radius 1 is 1.10 bits per heavy atom. The van der Waals surface area contributed by atoms with Crippen LogP contribution in [-0.2, 0) is 0 Å². The molecule has 0 aliphatic heterocycles. The Kier molecular flexibility index (Phi) is 3.71. The summed E-state index contributed by atoms with van der Waals surface area (Å²) in [6.07, 6.45) is 1.10. The van der Waals surface area contributed by atoms with Crippen LogP contribution < -0.4 is 5.32 Å². The van der Waals surface area contributed by atoms with E-state index in [0.717, 1.165) is 16.5 Å². The molecule has 21 heavy (non-hydrogen) atoms. The van der Waals surface area contributed by atoms with E-state index in [1.165, 1.54) is 0 Å². The number of aromatic amines is 1. The number of benzene rings is 2. The van der Waals surface area contributed by atoms with E-state index in [1.54, 1.807) is 12.1 Å². The monoisotopic (exact) mass is 280 g/mol. The highest BCUT2D eigenvalue weighted by molar-refractivity contribution is 5.94. The van der Waals surface area contributed by atoms with Crippen molar-refractivity contribution >= 4 is 16.8 Å². The maximum atomic E-state index is 12.0. The molecule has 2 aromatic carbocycles. The van der Waals surface area contributed by atoms with E-state index in [9.17, 15) is 9.90 Å². The molecule has 1 atom stereocenters. The van der Waals surface area contributed by atoms with Crippen LogP contribution in [0.3, 0.4) is 0 Å². The summed E-state index contributed by atoms with van der Waals surface area (Å²) >= 11 is 0. The fourth-order valence-corrected chi connectivity index (χ4v) is 2.39. The number of nitrogens with one attached hydrogen (secondary N) is 2. The zero-order valence-corrected chi connectivity index (χ0v) is 11.4. The summed E-state index contributed by atoms with van der Waals surface area (Å²) in [7, 11) is 0. The molecule has 0 fully saturated rings. The summed E-state index contributed by atoms with van der Waals surface area (Å²) in [4.78, 5) is 15.1. The predicted molar refractivity (Wildman–Crippen MR) is 82.0 cm³/mol. The molecule has 0 saturated heterocycles. The normalized spacial score (nSPS) is 12.2. The van der Waals surface area contributed by atoms with Gasteiger partial charge in [0.05, 0.1) is 6.10 Å². The van der Waals surface area contributed by atoms with Gasteiger partial charge in [-0.1, -0.05) is 30.3 Å². The van der Waals surface area contributed by atoms with E-state index in [4.69, 9.17) is 0 Å². The van der Waals surface area contributed by atoms with Crippen LogP contribution in [0, 0.1) is 0 Å². The number of carbonyl (C=O) groups is 1. The van der Waals surface area contributed by atoms with Gasteiger partial charge in [-0.3, -0.25) is 4.79 Å². The number of H-pyrrole nitrogens is 1. The largest absolute Gasteiger partial charge is 0.387 e. The highest BCUT2D eigenvalue weighted by Gasteiger charge is 2.13. The molecule has 3 rings (SSSR count). The second kappa shape index (κ2) is 5.81. The van der Waals surface area contributed by atoms with E-state index < -0.39 is 6.10 Å². The van der Waals surface area contributed by atoms with Crippen molar-refractivity contribution in [3.63, 3.8) is 0 Å². The van der Waals surface area contributed by atoms with Crippen molar-refractivity contribution < 1.29 is 9.90 Å². The lowest BCUT2D eigenvalue weighted by Gasteiger charge is -2.13. The Labute approximate surface area is 122 Å². The summed E-state index contributed by atoms with van der Waals surface area (Å²) in [6, 6.07) is 16.6. The summed E-state index contributed by atoms with van der Waals surface area (Å²) in [5.41, 5.74) is 2.37. The van der Waals surface area contributed by atoms with Crippen LogP contribution in [0.15, 0.2) is 60.8 Å². The Balaban J connectivity index is 1.71. The van der Waals surface area contributed by atoms with Crippen LogP contribution >= 0.6 is 0 Å². The highest BCUT2D eigenvalue weighted by Crippen LogP contribution is 2.23. The number of carbonyl (C=O) groups excluding carboxylic acids is 1. The standard InChI is InChI=1S/C17H16N2O2/c20-16(11-19-17(21)12-5-2-1-3-6-12)14-7-4-8-15-13(14)9-10-18-15/h1-10,16,18,20H,11H2,(H,19,21). The Morgan fingerprint density at radius 2 is 1.90 bits per heavy atom. The van der Waals surface area contributed by atoms with Crippen molar-refractivity contribution in [2.24, 2.45) is 0 Å². The van der Waals surface area contributed by atoms with Crippen molar-refractivity contribution in [2.45, 2.75) is 6.10 Å². The molecule has 1 unspecified atom stereocenters. The molecule has 106 valence electrons. The van der Waals surface area contributed by atoms with Crippen LogP contribution in [0.5, 0.6) is 0 Å². The molecule has 1 heterocycles. The number of hydrogen-bond acceptors (Lipinski definition) is 2. The number of aromatic nitrogens is 1. The van der Waals surface area contributed by atoms with Crippen LogP contribution in [0.2, 0.25) is 0 Å². The Morgan fingerprint density at radius 3 is 2.71 bits per heavy atom. The molecule has 3 aromatic rings. The van der Waals surface area contributed by atoms with Gasteiger partial charge in [0.15, 0.2) is 0 Å². The molecule has 0 radical (unpaired) electrons. The third-order valence-corrected chi connectivity index (χ3v) is 3.48. The quantitative estimate of drug-likeness (QED) is 0.688. The molecule has 4 heteroatoms. The van der Waals surface area contributed by atoms with Crippen LogP contribution in [0.25, 0.3) is 10.9 Å². The van der Waals surface area contributed by atoms with Gasteiger partial charge in [-0.25, -0.2) is 0 Å². The van der Waals surface area contributed by atoms with E-state index in [0.29, 0.717) is 5.56 Å². The highest BCUT2D eigenvalue weighted by atomic mass is 16.3. The molecule has 1 aromatic heterocycles. The molecule has 3 N–H and O–H groups in total. The maximum Gasteiger partial charge on any atom is 0.251 e. The van der Waals surface area contributed by atoms with Crippen LogP contribution in [0.4, 0.5) is 0 Å². The third-order valence-electron chi connectivity index (χ3n) is 3.48. The van der Waals surface area contributed by atoms with Gasteiger partial charge >= 0.3 is 0 Å². The molecular formula is C17H16N2O2. The van der Waals surface area contributed by atoms with Crippen molar-refractivity contribution in [1.82, 2.24) is 10.3 Å². The molecule has 0 spiro atoms. The van der Waals surface area contributed by atoms with Gasteiger partial charge in [0.1, 0.15) is 0 Å². The van der Waals surface area contributed by atoms with E-state index in [2.05, 4.69) is 10.3 Å². The topological polar surface area (TPSA) is 65.1 Å². The smallest absolute Gasteiger partial charge is 0.251 e. The number of aliphatic hydroxyl groups excluding tert-OH is 1. The second-order valence-electron chi connectivity index (χ2n) is 4.88. The van der Waals surface area contributed by atoms with E-state index in [-0.39, 0.29) is 12.5 Å². The van der Waals surface area contributed by atoms with Crippen LogP contribution in [0.1, 0.15) is 22.0 Å². The van der Waals surface area contributed by atoms with Gasteiger partial charge in [0.25, 0.3) is 5.91 Å². The predicted octanol–water partition coefficient (Wildman–Crippen LogP) is 2.63. The summed E-state index contributed by atoms with van der Waals surface area (Å²) in [5, 5.41) is 14.0. The number of amides is 1. The van der Waals surface area contributed by atoms with Gasteiger partial charge < -0.3 is 15.4 Å². The summed E-state index contributed by atoms with van der Waals surface area (Å²) in [5.74, 6) is -0.184. The lowest BCUT2D eigenvalue weighted by atomic mass is 10.0. The Hall–Kier alpha value is -2.59. The van der Waals surface area contributed by atoms with Crippen LogP contribution in [-0.4, -0.2) is 22.5 Å². The van der Waals surface area contributed by atoms with Crippen molar-refractivity contribution in [3.05, 3.63) is 71.9 Å². The molecular weight excluding hydrogens is 264 g/mol. The number of aliphatic hydroxyl groups is 1. The fraction of sp³-hybridized carbons (Fsp3) is 0.118. The lowest BCUT2D eigenvalue weighted by molar-refractivity contribution is 0.0917. The first-order valence-electron chi connectivity index (χ1n) is 6.83. The van der Waals surface area contributed by atoms with Crippen molar-refractivity contribution in [3.8, 4) is 0 Å². The average molecular weight is 280 g/mol. The van der Waals surface area contributed by atoms with Gasteiger partial charge in [0.2, 0.25) is 0 Å². The molecule has 1 amide bonds. The minimum absolute atomic E-state index is 0.179. The van der Waals surface area contributed by atoms with Gasteiger partial charge in [-0.2, -0.15) is 0 Å². The number of fused-ring (bicyclic) bond motifs is 1. The third kappa shape index (κ3) is 2.80. The molecule has 4 nitrogen and oxygen atoms in total. The first kappa shape index (κ1) is 13.4. The van der Waals surface area contributed by atoms with Crippen molar-refractivity contribution in [2.75, 3.05) is 6.54 Å². The van der Waals surface area contributed by atoms with Gasteiger partial charge in [0, 0.05) is 29.2 Å². The zero-order chi connectivity index (χ0) is 14.7. The van der Waals surface area contributed by atoms with Gasteiger partial charge in [-0.05, 0) is 29.8 Å². The summed E-state index contributed by atoms with van der Waals surface area (Å²) in [6.45, 7) is 0.179. The number of rotatable bonds is 4. The SMILES string of the molecule is O=C(NCC(O)c1cccc2[nH]ccc12)c1ccccc1. The van der Waals surface area contributed by atoms with E-state index >= 15 is 0 Å². The molecule has 0 saturated carbocycles. The Bertz CT molecular complexity index is 750. The maximum absolute atomic E-state index is 12.0. The number of hydrogen-bond donors (Lipinski definition) is 3. The van der Waals surface area contributed by atoms with E-state index in [1.807, 2.05) is 48.7 Å². The first-order chi connectivity index (χ1) is 10.3. The average Bonchev–Trinajstić information content (AvgIpc) is 3.01. The minimum Gasteiger partial charge on any atom is -0.387 e. The zero-order valence-electron chi connectivity index (χ0n) is 11.4. The fourth-order valence-electron chi connectivity index (χ4n) is 2.39. The van der Waals surface area contributed by atoms with Crippen molar-refractivity contribution in [1.29, 1.82) is 0 Å². The molecule has 0 bridgehead atoms. The minimum atomic E-state index is -0.739. The summed E-state index contributed by atoms with van der Waals surface area (Å²) < 4.78 is 0. The molecule has 0 aliphatic carbocycles. The molecule has 0 aliphatic rings.